The van der Waals surface area contributed by atoms with Crippen LogP contribution >= 0.6 is 22.7 Å². The van der Waals surface area contributed by atoms with Crippen LogP contribution in [0.3, 0.4) is 0 Å². The summed E-state index contributed by atoms with van der Waals surface area (Å²) in [5, 5.41) is 7.53. The molecule has 0 saturated heterocycles. The van der Waals surface area contributed by atoms with Crippen molar-refractivity contribution in [1.82, 2.24) is 19.9 Å². The van der Waals surface area contributed by atoms with Crippen molar-refractivity contribution < 1.29 is 0 Å². The molecule has 21 heavy (non-hydrogen) atoms. The van der Waals surface area contributed by atoms with Gasteiger partial charge in [-0.1, -0.05) is 0 Å². The van der Waals surface area contributed by atoms with Crippen molar-refractivity contribution >= 4 is 22.7 Å². The molecular weight excluding hydrogens is 300 g/mol. The first kappa shape index (κ1) is 13.1. The number of hydrogen-bond donors (Lipinski definition) is 0. The van der Waals surface area contributed by atoms with E-state index in [-0.39, 0.29) is 0 Å². The Morgan fingerprint density at radius 3 is 3.19 bits per heavy atom. The van der Waals surface area contributed by atoms with Gasteiger partial charge in [-0.25, -0.2) is 15.0 Å². The number of nitrogens with zero attached hydrogens (tertiary/aromatic N) is 4. The lowest BCUT2D eigenvalue weighted by Crippen LogP contribution is -2.30. The zero-order valence-corrected chi connectivity index (χ0v) is 13.0. The van der Waals surface area contributed by atoms with Crippen LogP contribution in [-0.4, -0.2) is 26.4 Å². The molecule has 3 aromatic rings. The number of aromatic nitrogens is 3. The number of thiophene rings is 1. The second-order valence-corrected chi connectivity index (χ2v) is 6.75. The lowest BCUT2D eigenvalue weighted by Gasteiger charge is -2.26. The van der Waals surface area contributed by atoms with E-state index >= 15 is 0 Å². The molecule has 0 radical (unpaired) electrons. The third kappa shape index (κ3) is 2.74. The molecule has 4 nitrogen and oxygen atoms in total. The van der Waals surface area contributed by atoms with Gasteiger partial charge in [0.2, 0.25) is 0 Å². The van der Waals surface area contributed by atoms with E-state index in [1.54, 1.807) is 29.0 Å². The van der Waals surface area contributed by atoms with Gasteiger partial charge in [0.05, 0.1) is 11.4 Å². The smallest absolute Gasteiger partial charge is 0.124 e. The van der Waals surface area contributed by atoms with Crippen molar-refractivity contribution in [3.05, 3.63) is 51.7 Å². The molecule has 6 heteroatoms. The lowest BCUT2D eigenvalue weighted by molar-refractivity contribution is 0.239. The number of hydrogen-bond acceptors (Lipinski definition) is 6. The van der Waals surface area contributed by atoms with Crippen LogP contribution in [0.1, 0.15) is 17.0 Å². The molecular formula is C15H14N4S2. The first-order chi connectivity index (χ1) is 10.4. The van der Waals surface area contributed by atoms with E-state index in [1.807, 2.05) is 6.20 Å². The Hall–Kier alpha value is -1.63. The summed E-state index contributed by atoms with van der Waals surface area (Å²) in [6.45, 7) is 2.83. The molecule has 0 aromatic carbocycles. The molecule has 4 heterocycles. The molecule has 0 unspecified atom stereocenters. The van der Waals surface area contributed by atoms with Gasteiger partial charge >= 0.3 is 0 Å². The zero-order valence-electron chi connectivity index (χ0n) is 11.4. The highest BCUT2D eigenvalue weighted by Crippen LogP contribution is 2.26. The van der Waals surface area contributed by atoms with Crippen LogP contribution in [0.15, 0.2) is 34.7 Å². The SMILES string of the molecule is c1ncc2c(n1)CN(Cc1csc(-c3ccsc3)n1)CC2. The maximum absolute atomic E-state index is 4.75. The van der Waals surface area contributed by atoms with Gasteiger partial charge in [0.1, 0.15) is 11.3 Å². The van der Waals surface area contributed by atoms with Gasteiger partial charge in [0.25, 0.3) is 0 Å². The highest BCUT2D eigenvalue weighted by Gasteiger charge is 2.18. The fourth-order valence-corrected chi connectivity index (χ4v) is 4.09. The van der Waals surface area contributed by atoms with E-state index in [4.69, 9.17) is 4.98 Å². The molecule has 1 aliphatic heterocycles. The minimum absolute atomic E-state index is 0.892. The molecule has 3 aromatic heterocycles. The van der Waals surface area contributed by atoms with Crippen LogP contribution in [0.5, 0.6) is 0 Å². The van der Waals surface area contributed by atoms with Crippen LogP contribution in [0.4, 0.5) is 0 Å². The molecule has 0 N–H and O–H groups in total. The zero-order chi connectivity index (χ0) is 14.1. The molecule has 106 valence electrons. The van der Waals surface area contributed by atoms with E-state index in [1.165, 1.54) is 11.1 Å². The topological polar surface area (TPSA) is 41.9 Å². The monoisotopic (exact) mass is 314 g/mol. The first-order valence-corrected chi connectivity index (χ1v) is 8.68. The molecule has 0 bridgehead atoms. The lowest BCUT2D eigenvalue weighted by atomic mass is 10.1. The number of fused-ring (bicyclic) bond motifs is 1. The first-order valence-electron chi connectivity index (χ1n) is 6.85. The Labute approximate surface area is 131 Å². The molecule has 0 amide bonds. The Morgan fingerprint density at radius 1 is 1.29 bits per heavy atom. The number of rotatable bonds is 3. The second-order valence-electron chi connectivity index (χ2n) is 5.11. The van der Waals surface area contributed by atoms with Crippen LogP contribution in [0, 0.1) is 0 Å². The predicted octanol–water partition coefficient (Wildman–Crippen LogP) is 3.22. The van der Waals surface area contributed by atoms with Gasteiger partial charge in [-0.05, 0) is 23.4 Å². The summed E-state index contributed by atoms with van der Waals surface area (Å²) in [5.41, 5.74) is 4.82. The summed E-state index contributed by atoms with van der Waals surface area (Å²) in [7, 11) is 0. The Kier molecular flexibility index (Phi) is 3.50. The van der Waals surface area contributed by atoms with Gasteiger partial charge in [0, 0.05) is 42.2 Å². The van der Waals surface area contributed by atoms with E-state index in [0.29, 0.717) is 0 Å². The third-order valence-corrected chi connectivity index (χ3v) is 5.28. The predicted molar refractivity (Wildman–Crippen MR) is 85.3 cm³/mol. The van der Waals surface area contributed by atoms with E-state index in [2.05, 4.69) is 37.1 Å². The quantitative estimate of drug-likeness (QED) is 0.744. The highest BCUT2D eigenvalue weighted by atomic mass is 32.1. The van der Waals surface area contributed by atoms with Gasteiger partial charge < -0.3 is 0 Å². The molecule has 1 aliphatic rings. The third-order valence-electron chi connectivity index (χ3n) is 3.66. The van der Waals surface area contributed by atoms with Crippen LogP contribution < -0.4 is 0 Å². The van der Waals surface area contributed by atoms with Crippen molar-refractivity contribution in [2.75, 3.05) is 6.54 Å². The van der Waals surface area contributed by atoms with Gasteiger partial charge in [0.15, 0.2) is 0 Å². The summed E-state index contributed by atoms with van der Waals surface area (Å²) in [5.74, 6) is 0. The van der Waals surface area contributed by atoms with Crippen LogP contribution in [-0.2, 0) is 19.5 Å². The second kappa shape index (κ2) is 5.63. The van der Waals surface area contributed by atoms with Crippen molar-refractivity contribution in [2.45, 2.75) is 19.5 Å². The summed E-state index contributed by atoms with van der Waals surface area (Å²) in [4.78, 5) is 15.6. The van der Waals surface area contributed by atoms with E-state index < -0.39 is 0 Å². The summed E-state index contributed by atoms with van der Waals surface area (Å²) >= 11 is 3.44. The molecule has 0 aliphatic carbocycles. The summed E-state index contributed by atoms with van der Waals surface area (Å²) < 4.78 is 0. The fraction of sp³-hybridized carbons (Fsp3) is 0.267. The molecule has 0 atom stereocenters. The van der Waals surface area contributed by atoms with Crippen LogP contribution in [0.2, 0.25) is 0 Å². The molecule has 0 fully saturated rings. The highest BCUT2D eigenvalue weighted by molar-refractivity contribution is 7.14. The standard InChI is InChI=1S/C15H14N4S2/c1-3-19(7-14-11(1)5-16-10-17-14)6-13-9-21-15(18-13)12-2-4-20-8-12/h2,4-5,8-10H,1,3,6-7H2. The van der Waals surface area contributed by atoms with Crippen molar-refractivity contribution in [1.29, 1.82) is 0 Å². The van der Waals surface area contributed by atoms with Gasteiger partial charge in [-0.15, -0.1) is 11.3 Å². The average molecular weight is 314 g/mol. The summed E-state index contributed by atoms with van der Waals surface area (Å²) in [6.07, 6.45) is 4.61. The normalized spacial score (nSPS) is 15.0. The number of thiazole rings is 1. The molecule has 4 rings (SSSR count). The molecule has 0 spiro atoms. The van der Waals surface area contributed by atoms with Gasteiger partial charge in [-0.3, -0.25) is 4.90 Å². The Balaban J connectivity index is 1.48. The largest absolute Gasteiger partial charge is 0.291 e. The molecule has 0 saturated carbocycles. The fourth-order valence-electron chi connectivity index (χ4n) is 2.57. The maximum Gasteiger partial charge on any atom is 0.124 e. The van der Waals surface area contributed by atoms with E-state index in [0.717, 1.165) is 42.5 Å². The van der Waals surface area contributed by atoms with Crippen LogP contribution in [0.25, 0.3) is 10.6 Å². The minimum Gasteiger partial charge on any atom is -0.291 e. The Morgan fingerprint density at radius 2 is 2.29 bits per heavy atom. The maximum atomic E-state index is 4.75. The Bertz CT molecular complexity index is 736. The van der Waals surface area contributed by atoms with Gasteiger partial charge in [-0.2, -0.15) is 11.3 Å². The van der Waals surface area contributed by atoms with Crippen molar-refractivity contribution in [3.63, 3.8) is 0 Å². The average Bonchev–Trinajstić information content (AvgIpc) is 3.18. The van der Waals surface area contributed by atoms with E-state index in [9.17, 15) is 0 Å². The minimum atomic E-state index is 0.892. The van der Waals surface area contributed by atoms with Crippen molar-refractivity contribution in [3.8, 4) is 10.6 Å². The van der Waals surface area contributed by atoms with Crippen molar-refractivity contribution in [2.24, 2.45) is 0 Å². The summed E-state index contributed by atoms with van der Waals surface area (Å²) in [6, 6.07) is 2.13.